The van der Waals surface area contributed by atoms with Crippen LogP contribution in [0.5, 0.6) is 0 Å². The van der Waals surface area contributed by atoms with Gasteiger partial charge < -0.3 is 4.74 Å². The van der Waals surface area contributed by atoms with E-state index in [-0.39, 0.29) is 0 Å². The minimum Gasteiger partial charge on any atom is -0.379 e. The van der Waals surface area contributed by atoms with E-state index in [0.717, 1.165) is 26.3 Å². The van der Waals surface area contributed by atoms with Crippen molar-refractivity contribution in [3.05, 3.63) is 0 Å². The molecule has 0 aromatic carbocycles. The van der Waals surface area contributed by atoms with Gasteiger partial charge in [-0.05, 0) is 27.2 Å². The fourth-order valence-corrected chi connectivity index (χ4v) is 2.78. The molecule has 0 aliphatic carbocycles. The van der Waals surface area contributed by atoms with Crippen LogP contribution in [0.4, 0.5) is 0 Å². The van der Waals surface area contributed by atoms with Gasteiger partial charge in [0.2, 0.25) is 0 Å². The molecule has 0 aromatic heterocycles. The maximum absolute atomic E-state index is 5.42. The summed E-state index contributed by atoms with van der Waals surface area (Å²) < 4.78 is 5.42. The molecule has 3 nitrogen and oxygen atoms in total. The van der Waals surface area contributed by atoms with Crippen molar-refractivity contribution >= 4 is 0 Å². The van der Waals surface area contributed by atoms with Crippen molar-refractivity contribution < 1.29 is 4.74 Å². The number of hydrogen-bond donors (Lipinski definition) is 0. The Kier molecular flexibility index (Phi) is 3.33. The third-order valence-electron chi connectivity index (χ3n) is 3.99. The monoisotopic (exact) mass is 212 g/mol. The Balaban J connectivity index is 1.95. The first-order valence-corrected chi connectivity index (χ1v) is 6.19. The second kappa shape index (κ2) is 4.40. The summed E-state index contributed by atoms with van der Waals surface area (Å²) in [6.45, 7) is 13.5. The molecule has 0 saturated carbocycles. The molecular weight excluding hydrogens is 188 g/mol. The number of hydrogen-bond acceptors (Lipinski definition) is 3. The maximum atomic E-state index is 5.42. The Hall–Kier alpha value is -0.120. The second-order valence-electron chi connectivity index (χ2n) is 5.41. The Labute approximate surface area is 93.4 Å². The predicted octanol–water partition coefficient (Wildman–Crippen LogP) is 1.19. The topological polar surface area (TPSA) is 15.7 Å². The zero-order valence-electron chi connectivity index (χ0n) is 10.3. The lowest BCUT2D eigenvalue weighted by Gasteiger charge is -2.41. The van der Waals surface area contributed by atoms with E-state index in [1.165, 1.54) is 19.5 Å². The average Bonchev–Trinajstić information content (AvgIpc) is 2.64. The lowest BCUT2D eigenvalue weighted by molar-refractivity contribution is -0.0136. The van der Waals surface area contributed by atoms with Crippen molar-refractivity contribution in [3.8, 4) is 0 Å². The van der Waals surface area contributed by atoms with Crippen LogP contribution >= 0.6 is 0 Å². The van der Waals surface area contributed by atoms with Crippen LogP contribution in [0.25, 0.3) is 0 Å². The number of rotatable bonds is 2. The summed E-state index contributed by atoms with van der Waals surface area (Å²) in [5.41, 5.74) is 0.397. The first kappa shape index (κ1) is 11.4. The van der Waals surface area contributed by atoms with Gasteiger partial charge in [0, 0.05) is 37.8 Å². The van der Waals surface area contributed by atoms with Crippen LogP contribution in [0.3, 0.4) is 0 Å². The van der Waals surface area contributed by atoms with E-state index in [2.05, 4.69) is 30.6 Å². The zero-order chi connectivity index (χ0) is 10.9. The minimum absolute atomic E-state index is 0.397. The molecule has 0 spiro atoms. The molecular formula is C12H24N2O. The van der Waals surface area contributed by atoms with Gasteiger partial charge in [-0.1, -0.05) is 0 Å². The lowest BCUT2D eigenvalue weighted by atomic mass is 9.98. The van der Waals surface area contributed by atoms with Crippen molar-refractivity contribution in [3.63, 3.8) is 0 Å². The number of likely N-dealkylation sites (tertiary alicyclic amines) is 1. The molecule has 2 fully saturated rings. The summed E-state index contributed by atoms with van der Waals surface area (Å²) >= 11 is 0. The highest BCUT2D eigenvalue weighted by molar-refractivity contribution is 4.96. The van der Waals surface area contributed by atoms with Crippen LogP contribution in [0, 0.1) is 0 Å². The molecule has 1 atom stereocenters. The minimum atomic E-state index is 0.397. The third-order valence-corrected chi connectivity index (χ3v) is 3.99. The molecule has 3 heteroatoms. The number of ether oxygens (including phenoxy) is 1. The standard InChI is InChI=1S/C12H24N2O/c1-11(2)13-5-4-12(3,10-13)14-6-8-15-9-7-14/h11H,4-10H2,1-3H3. The smallest absolute Gasteiger partial charge is 0.0594 e. The predicted molar refractivity (Wildman–Crippen MR) is 62.1 cm³/mol. The van der Waals surface area contributed by atoms with Crippen LogP contribution in [0.2, 0.25) is 0 Å². The first-order chi connectivity index (χ1) is 7.12. The molecule has 0 N–H and O–H groups in total. The van der Waals surface area contributed by atoms with Crippen molar-refractivity contribution in [1.82, 2.24) is 9.80 Å². The highest BCUT2D eigenvalue weighted by Gasteiger charge is 2.39. The molecule has 0 bridgehead atoms. The van der Waals surface area contributed by atoms with Crippen molar-refractivity contribution in [1.29, 1.82) is 0 Å². The van der Waals surface area contributed by atoms with Crippen molar-refractivity contribution in [2.45, 2.75) is 38.8 Å². The summed E-state index contributed by atoms with van der Waals surface area (Å²) in [4.78, 5) is 5.22. The van der Waals surface area contributed by atoms with Crippen LogP contribution in [0.15, 0.2) is 0 Å². The van der Waals surface area contributed by atoms with Crippen LogP contribution < -0.4 is 0 Å². The largest absolute Gasteiger partial charge is 0.379 e. The molecule has 2 aliphatic heterocycles. The van der Waals surface area contributed by atoms with Crippen LogP contribution in [-0.4, -0.2) is 60.8 Å². The SMILES string of the molecule is CC(C)N1CCC(C)(N2CCOCC2)C1. The van der Waals surface area contributed by atoms with E-state index in [4.69, 9.17) is 4.74 Å². The van der Waals surface area contributed by atoms with Gasteiger partial charge in [-0.15, -0.1) is 0 Å². The van der Waals surface area contributed by atoms with Gasteiger partial charge in [0.25, 0.3) is 0 Å². The number of morpholine rings is 1. The summed E-state index contributed by atoms with van der Waals surface area (Å²) in [7, 11) is 0. The Morgan fingerprint density at radius 3 is 2.33 bits per heavy atom. The molecule has 15 heavy (non-hydrogen) atoms. The fourth-order valence-electron chi connectivity index (χ4n) is 2.78. The molecule has 0 aromatic rings. The Morgan fingerprint density at radius 2 is 1.80 bits per heavy atom. The van der Waals surface area contributed by atoms with E-state index >= 15 is 0 Å². The molecule has 0 radical (unpaired) electrons. The van der Waals surface area contributed by atoms with Crippen LogP contribution in [0.1, 0.15) is 27.2 Å². The molecule has 2 aliphatic rings. The maximum Gasteiger partial charge on any atom is 0.0594 e. The van der Waals surface area contributed by atoms with E-state index < -0.39 is 0 Å². The highest BCUT2D eigenvalue weighted by Crippen LogP contribution is 2.29. The molecule has 0 amide bonds. The van der Waals surface area contributed by atoms with Gasteiger partial charge in [0.1, 0.15) is 0 Å². The lowest BCUT2D eigenvalue weighted by Crippen LogP contribution is -2.53. The molecule has 1 unspecified atom stereocenters. The van der Waals surface area contributed by atoms with Crippen molar-refractivity contribution in [2.24, 2.45) is 0 Å². The molecule has 2 saturated heterocycles. The van der Waals surface area contributed by atoms with Gasteiger partial charge >= 0.3 is 0 Å². The van der Waals surface area contributed by atoms with Gasteiger partial charge in [-0.3, -0.25) is 9.80 Å². The summed E-state index contributed by atoms with van der Waals surface area (Å²) in [5, 5.41) is 0. The molecule has 2 heterocycles. The van der Waals surface area contributed by atoms with E-state index in [9.17, 15) is 0 Å². The highest BCUT2D eigenvalue weighted by atomic mass is 16.5. The Morgan fingerprint density at radius 1 is 1.13 bits per heavy atom. The summed E-state index contributed by atoms with van der Waals surface area (Å²) in [5.74, 6) is 0. The number of nitrogens with zero attached hydrogens (tertiary/aromatic N) is 2. The quantitative estimate of drug-likeness (QED) is 0.684. The third kappa shape index (κ3) is 2.35. The van der Waals surface area contributed by atoms with E-state index in [1.54, 1.807) is 0 Å². The summed E-state index contributed by atoms with van der Waals surface area (Å²) in [6, 6.07) is 0.688. The normalized spacial score (nSPS) is 35.2. The van der Waals surface area contributed by atoms with E-state index in [0.29, 0.717) is 11.6 Å². The van der Waals surface area contributed by atoms with Gasteiger partial charge in [-0.25, -0.2) is 0 Å². The average molecular weight is 212 g/mol. The van der Waals surface area contributed by atoms with Crippen molar-refractivity contribution in [2.75, 3.05) is 39.4 Å². The molecule has 88 valence electrons. The van der Waals surface area contributed by atoms with Crippen LogP contribution in [-0.2, 0) is 4.74 Å². The molecule has 2 rings (SSSR count). The van der Waals surface area contributed by atoms with E-state index in [1.807, 2.05) is 0 Å². The second-order valence-corrected chi connectivity index (χ2v) is 5.41. The fraction of sp³-hybridized carbons (Fsp3) is 1.00. The van der Waals surface area contributed by atoms with Gasteiger partial charge in [0.15, 0.2) is 0 Å². The Bertz CT molecular complexity index is 214. The van der Waals surface area contributed by atoms with Gasteiger partial charge in [-0.2, -0.15) is 0 Å². The van der Waals surface area contributed by atoms with Gasteiger partial charge in [0.05, 0.1) is 13.2 Å². The zero-order valence-corrected chi connectivity index (χ0v) is 10.3. The summed E-state index contributed by atoms with van der Waals surface area (Å²) in [6.07, 6.45) is 1.31. The first-order valence-electron chi connectivity index (χ1n) is 6.19.